The van der Waals surface area contributed by atoms with Crippen molar-refractivity contribution in [1.29, 1.82) is 0 Å². The lowest BCUT2D eigenvalue weighted by Crippen LogP contribution is -2.37. The highest BCUT2D eigenvalue weighted by Crippen LogP contribution is 2.47. The average molecular weight is 349 g/mol. The van der Waals surface area contributed by atoms with Gasteiger partial charge in [0.15, 0.2) is 0 Å². The summed E-state index contributed by atoms with van der Waals surface area (Å²) in [7, 11) is 0. The molecule has 3 atom stereocenters. The van der Waals surface area contributed by atoms with E-state index in [0.717, 1.165) is 11.3 Å². The molecule has 0 saturated heterocycles. The van der Waals surface area contributed by atoms with Gasteiger partial charge >= 0.3 is 0 Å². The third-order valence-corrected chi connectivity index (χ3v) is 5.90. The molecule has 1 amide bonds. The number of carbonyl (C=O) groups excluding carboxylic acids is 3. The lowest BCUT2D eigenvalue weighted by atomic mass is 9.67. The molecule has 26 heavy (non-hydrogen) atoms. The second kappa shape index (κ2) is 6.67. The van der Waals surface area contributed by atoms with Crippen molar-refractivity contribution in [3.8, 4) is 0 Å². The Morgan fingerprint density at radius 2 is 1.96 bits per heavy atom. The van der Waals surface area contributed by atoms with Crippen LogP contribution in [0.15, 0.2) is 53.8 Å². The van der Waals surface area contributed by atoms with Gasteiger partial charge in [0, 0.05) is 48.4 Å². The van der Waals surface area contributed by atoms with E-state index in [0.29, 0.717) is 37.8 Å². The number of nitrogens with zero attached hydrogens (tertiary/aromatic N) is 1. The Hall–Kier alpha value is -2.49. The Kier molecular flexibility index (Phi) is 4.35. The van der Waals surface area contributed by atoms with Crippen molar-refractivity contribution in [3.05, 3.63) is 59.3 Å². The highest BCUT2D eigenvalue weighted by Gasteiger charge is 2.47. The first-order valence-electron chi connectivity index (χ1n) is 9.43. The third kappa shape index (κ3) is 2.74. The molecule has 1 aromatic rings. The van der Waals surface area contributed by atoms with Crippen molar-refractivity contribution in [2.24, 2.45) is 17.8 Å². The first-order valence-corrected chi connectivity index (χ1v) is 9.43. The number of hydrogen-bond donors (Lipinski definition) is 0. The van der Waals surface area contributed by atoms with Crippen molar-refractivity contribution < 1.29 is 14.4 Å². The maximum Gasteiger partial charge on any atom is 0.258 e. The summed E-state index contributed by atoms with van der Waals surface area (Å²) in [5.74, 6) is 0.172. The molecule has 0 spiro atoms. The zero-order valence-corrected chi connectivity index (χ0v) is 15.0. The molecule has 1 fully saturated rings. The van der Waals surface area contributed by atoms with Gasteiger partial charge in [-0.15, -0.1) is 0 Å². The zero-order chi connectivity index (χ0) is 18.3. The molecule has 1 aromatic carbocycles. The minimum Gasteiger partial charge on any atom is -0.308 e. The van der Waals surface area contributed by atoms with Gasteiger partial charge in [0.05, 0.1) is 0 Å². The number of rotatable bonds is 4. The largest absolute Gasteiger partial charge is 0.308 e. The second-order valence-electron chi connectivity index (χ2n) is 7.44. The Labute approximate surface area is 153 Å². The molecule has 0 N–H and O–H groups in total. The third-order valence-electron chi connectivity index (χ3n) is 5.90. The van der Waals surface area contributed by atoms with Crippen LogP contribution in [0, 0.1) is 17.8 Å². The van der Waals surface area contributed by atoms with Gasteiger partial charge in [0.25, 0.3) is 5.91 Å². The van der Waals surface area contributed by atoms with Crippen LogP contribution in [0.2, 0.25) is 0 Å². The van der Waals surface area contributed by atoms with Crippen LogP contribution < -0.4 is 0 Å². The summed E-state index contributed by atoms with van der Waals surface area (Å²) in [5.41, 5.74) is 2.70. The van der Waals surface area contributed by atoms with Crippen molar-refractivity contribution in [2.45, 2.75) is 32.6 Å². The quantitative estimate of drug-likeness (QED) is 0.835. The molecule has 0 bridgehead atoms. The standard InChI is InChI=1S/C22H23NO3/c1-2-17(24)12-15-11-16-13-23(22(26)14-7-4-3-5-8-14)19-10-6-9-18(20(16)19)21(15)25/h3-8,10,15-16,18H,2,9,11-13H2,1H3. The minimum absolute atomic E-state index is 0.0126. The number of carbonyl (C=O) groups is 3. The van der Waals surface area contributed by atoms with Crippen molar-refractivity contribution in [3.63, 3.8) is 0 Å². The van der Waals surface area contributed by atoms with Gasteiger partial charge in [-0.3, -0.25) is 14.4 Å². The van der Waals surface area contributed by atoms with Gasteiger partial charge in [-0.05, 0) is 36.6 Å². The van der Waals surface area contributed by atoms with E-state index in [1.54, 1.807) is 0 Å². The highest BCUT2D eigenvalue weighted by atomic mass is 16.2. The minimum atomic E-state index is -0.194. The van der Waals surface area contributed by atoms with Crippen molar-refractivity contribution >= 4 is 17.5 Å². The summed E-state index contributed by atoms with van der Waals surface area (Å²) in [6.45, 7) is 2.46. The SMILES string of the molecule is CCC(=O)CC1CC2CN(C(=O)c3ccccc3)C3=C2C(CC=C3)C1=O. The number of allylic oxidation sites excluding steroid dienone is 2. The predicted octanol–water partition coefficient (Wildman–Crippen LogP) is 3.55. The van der Waals surface area contributed by atoms with E-state index in [1.807, 2.05) is 54.3 Å². The number of Topliss-reactive ketones (excluding diaryl/α,β-unsaturated/α-hetero) is 2. The van der Waals surface area contributed by atoms with Crippen LogP contribution in [0.1, 0.15) is 43.0 Å². The molecule has 0 aromatic heterocycles. The topological polar surface area (TPSA) is 54.5 Å². The number of hydrogen-bond acceptors (Lipinski definition) is 3. The van der Waals surface area contributed by atoms with E-state index >= 15 is 0 Å². The summed E-state index contributed by atoms with van der Waals surface area (Å²) >= 11 is 0. The van der Waals surface area contributed by atoms with Gasteiger partial charge in [-0.25, -0.2) is 0 Å². The van der Waals surface area contributed by atoms with Gasteiger partial charge in [-0.2, -0.15) is 0 Å². The first-order chi connectivity index (χ1) is 12.6. The fourth-order valence-electron chi connectivity index (χ4n) is 4.62. The van der Waals surface area contributed by atoms with Gasteiger partial charge in [0.2, 0.25) is 0 Å². The Morgan fingerprint density at radius 1 is 1.19 bits per heavy atom. The second-order valence-corrected chi connectivity index (χ2v) is 7.44. The molecular formula is C22H23NO3. The van der Waals surface area contributed by atoms with E-state index in [9.17, 15) is 14.4 Å². The number of benzene rings is 1. The highest BCUT2D eigenvalue weighted by molar-refractivity contribution is 5.97. The molecule has 4 heteroatoms. The molecule has 2 aliphatic carbocycles. The lowest BCUT2D eigenvalue weighted by Gasteiger charge is -2.34. The fraction of sp³-hybridized carbons (Fsp3) is 0.409. The normalized spacial score (nSPS) is 26.9. The molecule has 1 saturated carbocycles. The number of amides is 1. The average Bonchev–Trinajstić information content (AvgIpc) is 3.05. The molecule has 0 radical (unpaired) electrons. The first kappa shape index (κ1) is 17.0. The monoisotopic (exact) mass is 349 g/mol. The molecule has 4 nitrogen and oxygen atoms in total. The smallest absolute Gasteiger partial charge is 0.258 e. The van der Waals surface area contributed by atoms with E-state index in [-0.39, 0.29) is 35.2 Å². The molecule has 3 aliphatic rings. The Balaban J connectivity index is 1.64. The van der Waals surface area contributed by atoms with Crippen LogP contribution in [0.4, 0.5) is 0 Å². The van der Waals surface area contributed by atoms with Crippen molar-refractivity contribution in [2.75, 3.05) is 6.54 Å². The van der Waals surface area contributed by atoms with E-state index < -0.39 is 0 Å². The van der Waals surface area contributed by atoms with E-state index in [1.165, 1.54) is 0 Å². The van der Waals surface area contributed by atoms with Gasteiger partial charge in [-0.1, -0.05) is 31.2 Å². The maximum atomic E-state index is 13.0. The molecule has 3 unspecified atom stereocenters. The van der Waals surface area contributed by atoms with E-state index in [2.05, 4.69) is 0 Å². The zero-order valence-electron chi connectivity index (χ0n) is 15.0. The van der Waals surface area contributed by atoms with Crippen LogP contribution in [-0.4, -0.2) is 28.9 Å². The Morgan fingerprint density at radius 3 is 2.69 bits per heavy atom. The van der Waals surface area contributed by atoms with Crippen LogP contribution in [0.3, 0.4) is 0 Å². The van der Waals surface area contributed by atoms with Crippen LogP contribution >= 0.6 is 0 Å². The summed E-state index contributed by atoms with van der Waals surface area (Å²) in [4.78, 5) is 39.7. The summed E-state index contributed by atoms with van der Waals surface area (Å²) < 4.78 is 0. The summed E-state index contributed by atoms with van der Waals surface area (Å²) in [6, 6.07) is 9.28. The molecule has 1 heterocycles. The molecule has 4 rings (SSSR count). The summed E-state index contributed by atoms with van der Waals surface area (Å²) in [5, 5.41) is 0. The summed E-state index contributed by atoms with van der Waals surface area (Å²) in [6.07, 6.45) is 6.20. The molecular weight excluding hydrogens is 326 g/mol. The van der Waals surface area contributed by atoms with Crippen LogP contribution in [0.5, 0.6) is 0 Å². The maximum absolute atomic E-state index is 13.0. The predicted molar refractivity (Wildman–Crippen MR) is 98.3 cm³/mol. The fourth-order valence-corrected chi connectivity index (χ4v) is 4.62. The van der Waals surface area contributed by atoms with Crippen LogP contribution in [0.25, 0.3) is 0 Å². The van der Waals surface area contributed by atoms with Gasteiger partial charge < -0.3 is 4.90 Å². The number of ketones is 2. The molecule has 1 aliphatic heterocycles. The van der Waals surface area contributed by atoms with Gasteiger partial charge in [0.1, 0.15) is 11.6 Å². The van der Waals surface area contributed by atoms with E-state index in [4.69, 9.17) is 0 Å². The van der Waals surface area contributed by atoms with Crippen LogP contribution in [-0.2, 0) is 9.59 Å². The lowest BCUT2D eigenvalue weighted by molar-refractivity contribution is -0.131. The Bertz CT molecular complexity index is 821. The van der Waals surface area contributed by atoms with Crippen molar-refractivity contribution in [1.82, 2.24) is 4.90 Å². The molecule has 134 valence electrons.